The quantitative estimate of drug-likeness (QED) is 0.367. The summed E-state index contributed by atoms with van der Waals surface area (Å²) in [6.45, 7) is 1.44. The van der Waals surface area contributed by atoms with Crippen molar-refractivity contribution in [2.75, 3.05) is 14.2 Å². The van der Waals surface area contributed by atoms with E-state index in [1.54, 1.807) is 42.5 Å². The standard InChI is InChI=1S/C21H18O7/c1-12(19(22)13-5-4-6-15(9-13)25-2)27-20(23)17-11-14-10-16(26-3)7-8-18(14)28-21(17)24/h4-12H,1-3H3/t12-/m0/s1. The summed E-state index contributed by atoms with van der Waals surface area (Å²) in [5.74, 6) is -0.308. The molecule has 0 radical (unpaired) electrons. The molecule has 2 aromatic carbocycles. The van der Waals surface area contributed by atoms with Gasteiger partial charge in [0.05, 0.1) is 14.2 Å². The number of hydrogen-bond acceptors (Lipinski definition) is 7. The number of carbonyl (C=O) groups excluding carboxylic acids is 2. The molecule has 0 N–H and O–H groups in total. The molecule has 0 amide bonds. The highest BCUT2D eigenvalue weighted by atomic mass is 16.5. The van der Waals surface area contributed by atoms with Gasteiger partial charge in [-0.2, -0.15) is 0 Å². The van der Waals surface area contributed by atoms with Gasteiger partial charge in [-0.3, -0.25) is 4.79 Å². The molecule has 1 atom stereocenters. The molecule has 0 bridgehead atoms. The molecule has 0 saturated carbocycles. The van der Waals surface area contributed by atoms with Crippen LogP contribution in [-0.4, -0.2) is 32.1 Å². The molecule has 0 spiro atoms. The number of carbonyl (C=O) groups is 2. The highest BCUT2D eigenvalue weighted by molar-refractivity contribution is 6.02. The smallest absolute Gasteiger partial charge is 0.351 e. The molecule has 0 aliphatic carbocycles. The van der Waals surface area contributed by atoms with Gasteiger partial charge in [-0.25, -0.2) is 9.59 Å². The van der Waals surface area contributed by atoms with E-state index in [2.05, 4.69) is 0 Å². The van der Waals surface area contributed by atoms with E-state index in [1.165, 1.54) is 27.2 Å². The van der Waals surface area contributed by atoms with Gasteiger partial charge in [-0.1, -0.05) is 12.1 Å². The zero-order valence-electron chi connectivity index (χ0n) is 15.6. The van der Waals surface area contributed by atoms with Gasteiger partial charge in [0.1, 0.15) is 22.6 Å². The number of hydrogen-bond donors (Lipinski definition) is 0. The highest BCUT2D eigenvalue weighted by Gasteiger charge is 2.23. The van der Waals surface area contributed by atoms with Crippen LogP contribution in [0.25, 0.3) is 11.0 Å². The van der Waals surface area contributed by atoms with Crippen molar-refractivity contribution in [3.05, 3.63) is 70.1 Å². The number of benzene rings is 2. The molecule has 0 aliphatic rings. The molecular weight excluding hydrogens is 364 g/mol. The van der Waals surface area contributed by atoms with Gasteiger partial charge in [0.25, 0.3) is 0 Å². The van der Waals surface area contributed by atoms with Crippen LogP contribution in [-0.2, 0) is 4.74 Å². The summed E-state index contributed by atoms with van der Waals surface area (Å²) in [7, 11) is 2.99. The molecule has 28 heavy (non-hydrogen) atoms. The maximum absolute atomic E-state index is 12.5. The largest absolute Gasteiger partial charge is 0.497 e. The van der Waals surface area contributed by atoms with Gasteiger partial charge in [-0.05, 0) is 43.3 Å². The normalized spacial score (nSPS) is 11.7. The second-order valence-electron chi connectivity index (χ2n) is 6.00. The van der Waals surface area contributed by atoms with Crippen LogP contribution in [0.2, 0.25) is 0 Å². The van der Waals surface area contributed by atoms with E-state index in [4.69, 9.17) is 18.6 Å². The van der Waals surface area contributed by atoms with E-state index in [-0.39, 0.29) is 5.56 Å². The Balaban J connectivity index is 1.84. The van der Waals surface area contributed by atoms with Crippen molar-refractivity contribution in [2.24, 2.45) is 0 Å². The number of esters is 1. The lowest BCUT2D eigenvalue weighted by Crippen LogP contribution is -2.27. The number of methoxy groups -OCH3 is 2. The number of ether oxygens (including phenoxy) is 3. The first-order valence-corrected chi connectivity index (χ1v) is 8.44. The van der Waals surface area contributed by atoms with Gasteiger partial charge < -0.3 is 18.6 Å². The summed E-state index contributed by atoms with van der Waals surface area (Å²) in [6.07, 6.45) is -1.10. The summed E-state index contributed by atoms with van der Waals surface area (Å²) in [5, 5.41) is 0.498. The number of ketones is 1. The van der Waals surface area contributed by atoms with Crippen LogP contribution in [0, 0.1) is 0 Å². The van der Waals surface area contributed by atoms with Crippen molar-refractivity contribution in [3.63, 3.8) is 0 Å². The number of rotatable bonds is 6. The van der Waals surface area contributed by atoms with E-state index in [9.17, 15) is 14.4 Å². The van der Waals surface area contributed by atoms with E-state index >= 15 is 0 Å². The Kier molecular flexibility index (Phi) is 5.44. The lowest BCUT2D eigenvalue weighted by Gasteiger charge is -2.12. The fourth-order valence-corrected chi connectivity index (χ4v) is 2.66. The Morgan fingerprint density at radius 3 is 2.39 bits per heavy atom. The summed E-state index contributed by atoms with van der Waals surface area (Å²) in [6, 6.07) is 12.7. The molecule has 1 aromatic heterocycles. The fraction of sp³-hybridized carbons (Fsp3) is 0.190. The molecule has 0 saturated heterocycles. The molecule has 0 aliphatic heterocycles. The van der Waals surface area contributed by atoms with Crippen molar-refractivity contribution >= 4 is 22.7 Å². The number of Topliss-reactive ketones (excluding diaryl/α,β-unsaturated/α-hetero) is 1. The van der Waals surface area contributed by atoms with Crippen molar-refractivity contribution in [3.8, 4) is 11.5 Å². The lowest BCUT2D eigenvalue weighted by atomic mass is 10.1. The molecule has 7 nitrogen and oxygen atoms in total. The van der Waals surface area contributed by atoms with Crippen molar-refractivity contribution < 1.29 is 28.2 Å². The predicted octanol–water partition coefficient (Wildman–Crippen LogP) is 3.24. The fourth-order valence-electron chi connectivity index (χ4n) is 2.66. The van der Waals surface area contributed by atoms with Gasteiger partial charge >= 0.3 is 11.6 Å². The first-order chi connectivity index (χ1) is 13.4. The third kappa shape index (κ3) is 3.88. The third-order valence-corrected chi connectivity index (χ3v) is 4.17. The molecular formula is C21H18O7. The van der Waals surface area contributed by atoms with Crippen LogP contribution in [0.15, 0.2) is 57.7 Å². The average molecular weight is 382 g/mol. The van der Waals surface area contributed by atoms with E-state index < -0.39 is 23.5 Å². The van der Waals surface area contributed by atoms with Gasteiger partial charge in [-0.15, -0.1) is 0 Å². The molecule has 1 heterocycles. The minimum Gasteiger partial charge on any atom is -0.497 e. The van der Waals surface area contributed by atoms with E-state index in [0.29, 0.717) is 28.0 Å². The highest BCUT2D eigenvalue weighted by Crippen LogP contribution is 2.21. The Morgan fingerprint density at radius 1 is 0.964 bits per heavy atom. The van der Waals surface area contributed by atoms with Crippen LogP contribution in [0.5, 0.6) is 11.5 Å². The average Bonchev–Trinajstić information content (AvgIpc) is 2.72. The Hall–Kier alpha value is -3.61. The molecule has 7 heteroatoms. The maximum atomic E-state index is 12.5. The SMILES string of the molecule is COc1cccc(C(=O)[C@H](C)OC(=O)c2cc3cc(OC)ccc3oc2=O)c1. The Bertz CT molecular complexity index is 1100. The Labute approximate surface area is 160 Å². The zero-order chi connectivity index (χ0) is 20.3. The van der Waals surface area contributed by atoms with Crippen molar-refractivity contribution in [1.82, 2.24) is 0 Å². The van der Waals surface area contributed by atoms with Crippen LogP contribution in [0.4, 0.5) is 0 Å². The predicted molar refractivity (Wildman–Crippen MR) is 101 cm³/mol. The summed E-state index contributed by atoms with van der Waals surface area (Å²) < 4.78 is 20.6. The van der Waals surface area contributed by atoms with E-state index in [0.717, 1.165) is 0 Å². The molecule has 144 valence electrons. The molecule has 0 fully saturated rings. The lowest BCUT2D eigenvalue weighted by molar-refractivity contribution is 0.0315. The monoisotopic (exact) mass is 382 g/mol. The molecule has 3 rings (SSSR count). The van der Waals surface area contributed by atoms with E-state index in [1.807, 2.05) is 0 Å². The Morgan fingerprint density at radius 2 is 1.68 bits per heavy atom. The molecule has 3 aromatic rings. The first kappa shape index (κ1) is 19.2. The number of fused-ring (bicyclic) bond motifs is 1. The second kappa shape index (κ2) is 7.96. The minimum absolute atomic E-state index is 0.300. The van der Waals surface area contributed by atoms with Gasteiger partial charge in [0, 0.05) is 10.9 Å². The molecule has 0 unspecified atom stereocenters. The van der Waals surface area contributed by atoms with Crippen molar-refractivity contribution in [2.45, 2.75) is 13.0 Å². The van der Waals surface area contributed by atoms with Gasteiger partial charge in [0.2, 0.25) is 5.78 Å². The first-order valence-electron chi connectivity index (χ1n) is 8.44. The summed E-state index contributed by atoms with van der Waals surface area (Å²) in [4.78, 5) is 37.1. The zero-order valence-corrected chi connectivity index (χ0v) is 15.6. The van der Waals surface area contributed by atoms with Crippen LogP contribution in [0.3, 0.4) is 0 Å². The maximum Gasteiger partial charge on any atom is 0.351 e. The van der Waals surface area contributed by atoms with Crippen LogP contribution >= 0.6 is 0 Å². The second-order valence-corrected chi connectivity index (χ2v) is 6.00. The third-order valence-electron chi connectivity index (χ3n) is 4.17. The topological polar surface area (TPSA) is 92.0 Å². The van der Waals surface area contributed by atoms with Crippen LogP contribution < -0.4 is 15.1 Å². The summed E-state index contributed by atoms with van der Waals surface area (Å²) in [5.41, 5.74) is -0.507. The summed E-state index contributed by atoms with van der Waals surface area (Å²) >= 11 is 0. The van der Waals surface area contributed by atoms with Crippen LogP contribution in [0.1, 0.15) is 27.6 Å². The minimum atomic E-state index is -1.10. The van der Waals surface area contributed by atoms with Gasteiger partial charge in [0.15, 0.2) is 6.10 Å². The van der Waals surface area contributed by atoms with Crippen molar-refractivity contribution in [1.29, 1.82) is 0 Å².